The Morgan fingerprint density at radius 1 is 1.19 bits per heavy atom. The molecule has 0 heterocycles. The molecule has 0 aliphatic rings. The van der Waals surface area contributed by atoms with Gasteiger partial charge in [-0.25, -0.2) is 0 Å². The average molecular weight is 212 g/mol. The third-order valence-corrected chi connectivity index (χ3v) is 3.11. The lowest BCUT2D eigenvalue weighted by molar-refractivity contribution is 0.372. The summed E-state index contributed by atoms with van der Waals surface area (Å²) >= 11 is 0. The van der Waals surface area contributed by atoms with Crippen molar-refractivity contribution in [1.82, 2.24) is 0 Å². The van der Waals surface area contributed by atoms with Gasteiger partial charge in [0.1, 0.15) is 0 Å². The first-order valence-electron chi connectivity index (χ1n) is 5.51. The van der Waals surface area contributed by atoms with Gasteiger partial charge in [0.05, 0.1) is 17.6 Å². The van der Waals surface area contributed by atoms with Crippen LogP contribution in [0.25, 0.3) is 0 Å². The smallest absolute Gasteiger partial charge is 0.0855 e. The van der Waals surface area contributed by atoms with Crippen LogP contribution in [0.4, 0.5) is 0 Å². The molecular formula is C14H16N2. The number of hydrogen-bond donors (Lipinski definition) is 0. The maximum Gasteiger partial charge on any atom is 0.0855 e. The maximum absolute atomic E-state index is 9.47. The Kier molecular flexibility index (Phi) is 4.09. The second-order valence-corrected chi connectivity index (χ2v) is 4.26. The van der Waals surface area contributed by atoms with Gasteiger partial charge in [0.2, 0.25) is 0 Å². The van der Waals surface area contributed by atoms with Crippen molar-refractivity contribution in [3.8, 4) is 12.1 Å². The van der Waals surface area contributed by atoms with Crippen LogP contribution in [0.15, 0.2) is 30.3 Å². The summed E-state index contributed by atoms with van der Waals surface area (Å²) in [7, 11) is 0. The lowest BCUT2D eigenvalue weighted by Gasteiger charge is -2.30. The summed E-state index contributed by atoms with van der Waals surface area (Å²) in [6.45, 7) is 4.07. The summed E-state index contributed by atoms with van der Waals surface area (Å²) in [5.41, 5.74) is 0.486. The normalized spacial score (nSPS) is 13.8. The van der Waals surface area contributed by atoms with Crippen LogP contribution >= 0.6 is 0 Å². The van der Waals surface area contributed by atoms with Gasteiger partial charge in [-0.15, -0.1) is 0 Å². The monoisotopic (exact) mass is 212 g/mol. The highest BCUT2D eigenvalue weighted by Crippen LogP contribution is 2.36. The van der Waals surface area contributed by atoms with E-state index in [0.717, 1.165) is 5.56 Å². The van der Waals surface area contributed by atoms with Crippen LogP contribution in [0.1, 0.15) is 32.3 Å². The molecule has 0 aliphatic heterocycles. The van der Waals surface area contributed by atoms with Crippen LogP contribution in [0, 0.1) is 28.6 Å². The van der Waals surface area contributed by atoms with Crippen LogP contribution < -0.4 is 0 Å². The summed E-state index contributed by atoms with van der Waals surface area (Å²) in [4.78, 5) is 0. The van der Waals surface area contributed by atoms with Crippen molar-refractivity contribution in [3.63, 3.8) is 0 Å². The highest BCUT2D eigenvalue weighted by molar-refractivity contribution is 5.33. The number of nitrogens with zero attached hydrogens (tertiary/aromatic N) is 2. The molecule has 1 atom stereocenters. The van der Waals surface area contributed by atoms with Crippen molar-refractivity contribution < 1.29 is 0 Å². The van der Waals surface area contributed by atoms with E-state index in [4.69, 9.17) is 5.26 Å². The molecule has 0 spiro atoms. The molecule has 1 rings (SSSR count). The zero-order valence-electron chi connectivity index (χ0n) is 9.77. The van der Waals surface area contributed by atoms with E-state index in [9.17, 15) is 5.26 Å². The van der Waals surface area contributed by atoms with Gasteiger partial charge in [-0.1, -0.05) is 44.2 Å². The summed E-state index contributed by atoms with van der Waals surface area (Å²) in [5, 5.41) is 18.2. The van der Waals surface area contributed by atoms with Crippen LogP contribution in [-0.2, 0) is 5.41 Å². The first kappa shape index (κ1) is 12.3. The lowest BCUT2D eigenvalue weighted by atomic mass is 9.70. The predicted molar refractivity (Wildman–Crippen MR) is 63.4 cm³/mol. The Labute approximate surface area is 97.1 Å². The van der Waals surface area contributed by atoms with Gasteiger partial charge in [-0.05, 0) is 17.9 Å². The largest absolute Gasteiger partial charge is 0.198 e. The molecule has 0 N–H and O–H groups in total. The molecule has 2 heteroatoms. The summed E-state index contributed by atoms with van der Waals surface area (Å²) in [6.07, 6.45) is 1.02. The van der Waals surface area contributed by atoms with Gasteiger partial charge in [0.25, 0.3) is 0 Å². The van der Waals surface area contributed by atoms with E-state index in [1.54, 1.807) is 0 Å². The molecule has 82 valence electrons. The van der Waals surface area contributed by atoms with Crippen LogP contribution in [0.3, 0.4) is 0 Å². The topological polar surface area (TPSA) is 47.6 Å². The van der Waals surface area contributed by atoms with E-state index in [0.29, 0.717) is 12.8 Å². The van der Waals surface area contributed by atoms with Crippen LogP contribution in [-0.4, -0.2) is 0 Å². The van der Waals surface area contributed by atoms with E-state index in [1.165, 1.54) is 0 Å². The highest BCUT2D eigenvalue weighted by atomic mass is 14.4. The molecule has 1 aromatic carbocycles. The second-order valence-electron chi connectivity index (χ2n) is 4.26. The number of nitriles is 2. The van der Waals surface area contributed by atoms with Gasteiger partial charge in [0.15, 0.2) is 0 Å². The van der Waals surface area contributed by atoms with E-state index in [2.05, 4.69) is 12.1 Å². The Bertz CT molecular complexity index is 409. The molecule has 0 bridgehead atoms. The van der Waals surface area contributed by atoms with Gasteiger partial charge in [0, 0.05) is 6.42 Å². The standard InChI is InChI=1S/C14H16N2/c1-12(2)14(11-16,9-6-10-15)13-7-4-3-5-8-13/h3-5,7-8,12H,6,9H2,1-2H3. The lowest BCUT2D eigenvalue weighted by Crippen LogP contribution is -2.30. The van der Waals surface area contributed by atoms with E-state index < -0.39 is 5.41 Å². The fourth-order valence-corrected chi connectivity index (χ4v) is 2.00. The van der Waals surface area contributed by atoms with Gasteiger partial charge in [-0.3, -0.25) is 0 Å². The van der Waals surface area contributed by atoms with Gasteiger partial charge < -0.3 is 0 Å². The minimum Gasteiger partial charge on any atom is -0.198 e. The molecule has 0 saturated heterocycles. The molecule has 1 aromatic rings. The van der Waals surface area contributed by atoms with Crippen molar-refractivity contribution in [3.05, 3.63) is 35.9 Å². The Morgan fingerprint density at radius 2 is 1.81 bits per heavy atom. The molecule has 0 saturated carbocycles. The summed E-state index contributed by atoms with van der Waals surface area (Å²) < 4.78 is 0. The minimum atomic E-state index is -0.531. The number of hydrogen-bond acceptors (Lipinski definition) is 2. The molecule has 0 amide bonds. The molecule has 0 fully saturated rings. The second kappa shape index (κ2) is 5.33. The molecule has 0 radical (unpaired) electrons. The molecular weight excluding hydrogens is 196 g/mol. The van der Waals surface area contributed by atoms with E-state index in [1.807, 2.05) is 44.2 Å². The van der Waals surface area contributed by atoms with Crippen molar-refractivity contribution in [2.24, 2.45) is 5.92 Å². The molecule has 16 heavy (non-hydrogen) atoms. The molecule has 1 unspecified atom stereocenters. The Morgan fingerprint density at radius 3 is 2.25 bits per heavy atom. The summed E-state index contributed by atoms with van der Waals surface area (Å²) in [6, 6.07) is 14.3. The van der Waals surface area contributed by atoms with Crippen molar-refractivity contribution in [2.45, 2.75) is 32.1 Å². The van der Waals surface area contributed by atoms with Gasteiger partial charge >= 0.3 is 0 Å². The third-order valence-electron chi connectivity index (χ3n) is 3.11. The Hall–Kier alpha value is -1.80. The molecule has 0 aromatic heterocycles. The molecule has 0 aliphatic carbocycles. The van der Waals surface area contributed by atoms with Crippen molar-refractivity contribution in [1.29, 1.82) is 10.5 Å². The highest BCUT2D eigenvalue weighted by Gasteiger charge is 2.35. The molecule has 2 nitrogen and oxygen atoms in total. The van der Waals surface area contributed by atoms with E-state index >= 15 is 0 Å². The van der Waals surface area contributed by atoms with Gasteiger partial charge in [-0.2, -0.15) is 10.5 Å². The van der Waals surface area contributed by atoms with Crippen LogP contribution in [0.2, 0.25) is 0 Å². The first-order chi connectivity index (χ1) is 7.67. The van der Waals surface area contributed by atoms with Crippen LogP contribution in [0.5, 0.6) is 0 Å². The third kappa shape index (κ3) is 2.23. The van der Waals surface area contributed by atoms with Crippen molar-refractivity contribution >= 4 is 0 Å². The summed E-state index contributed by atoms with van der Waals surface area (Å²) in [5.74, 6) is 0.202. The quantitative estimate of drug-likeness (QED) is 0.767. The SMILES string of the molecule is CC(C)C(C#N)(CCC#N)c1ccccc1. The predicted octanol–water partition coefficient (Wildman–Crippen LogP) is 3.41. The maximum atomic E-state index is 9.47. The Balaban J connectivity index is 3.15. The zero-order valence-corrected chi connectivity index (χ0v) is 9.77. The number of benzene rings is 1. The fourth-order valence-electron chi connectivity index (χ4n) is 2.00. The van der Waals surface area contributed by atoms with E-state index in [-0.39, 0.29) is 5.92 Å². The fraction of sp³-hybridized carbons (Fsp3) is 0.429. The first-order valence-corrected chi connectivity index (χ1v) is 5.51. The van der Waals surface area contributed by atoms with Crippen molar-refractivity contribution in [2.75, 3.05) is 0 Å². The number of rotatable bonds is 4. The zero-order chi connectivity index (χ0) is 12.0. The average Bonchev–Trinajstić information content (AvgIpc) is 2.31. The minimum absolute atomic E-state index is 0.202.